The fourth-order valence-electron chi connectivity index (χ4n) is 1.90. The Bertz CT molecular complexity index is 663. The van der Waals surface area contributed by atoms with Gasteiger partial charge in [-0.25, -0.2) is 9.37 Å². The molecule has 0 bridgehead atoms. The molecule has 0 aliphatic heterocycles. The Balaban J connectivity index is 2.16. The first-order valence-corrected chi connectivity index (χ1v) is 6.79. The van der Waals surface area contributed by atoms with Crippen molar-refractivity contribution in [1.82, 2.24) is 10.3 Å². The van der Waals surface area contributed by atoms with Gasteiger partial charge in [0.15, 0.2) is 0 Å². The largest absolute Gasteiger partial charge is 0.373 e. The number of carbonyl (C=O) groups excluding carboxylic acids is 1. The molecule has 1 amide bonds. The van der Waals surface area contributed by atoms with Crippen LogP contribution in [0.1, 0.15) is 28.9 Å². The van der Waals surface area contributed by atoms with Crippen molar-refractivity contribution in [2.45, 2.75) is 13.0 Å². The normalized spacial score (nSPS) is 11.8. The van der Waals surface area contributed by atoms with Gasteiger partial charge in [-0.05, 0) is 36.8 Å². The summed E-state index contributed by atoms with van der Waals surface area (Å²) in [6, 6.07) is 8.87. The molecule has 4 nitrogen and oxygen atoms in total. The number of amides is 1. The Hall–Kier alpha value is -2.14. The summed E-state index contributed by atoms with van der Waals surface area (Å²) in [7, 11) is 1.69. The minimum atomic E-state index is -0.335. The minimum absolute atomic E-state index is 0.227. The van der Waals surface area contributed by atoms with Crippen molar-refractivity contribution in [2.24, 2.45) is 0 Å². The molecule has 2 rings (SSSR count). The van der Waals surface area contributed by atoms with E-state index in [0.29, 0.717) is 16.9 Å². The molecule has 0 radical (unpaired) electrons. The zero-order chi connectivity index (χ0) is 15.4. The number of halogens is 2. The van der Waals surface area contributed by atoms with Crippen LogP contribution in [0.3, 0.4) is 0 Å². The molecule has 1 atom stereocenters. The summed E-state index contributed by atoms with van der Waals surface area (Å²) < 4.78 is 13.2. The fourth-order valence-corrected chi connectivity index (χ4v) is 2.10. The van der Waals surface area contributed by atoms with Crippen LogP contribution in [0.2, 0.25) is 5.15 Å². The third-order valence-electron chi connectivity index (χ3n) is 3.01. The van der Waals surface area contributed by atoms with E-state index in [-0.39, 0.29) is 22.9 Å². The standard InChI is InChI=1S/C15H15ClFN3O/c1-9(10-4-3-5-12(17)6-10)19-15(21)11-7-13(16)20-14(8-11)18-2/h3-9H,1-2H3,(H,18,20)(H,19,21). The van der Waals surface area contributed by atoms with Gasteiger partial charge in [0.1, 0.15) is 16.8 Å². The van der Waals surface area contributed by atoms with Crippen molar-refractivity contribution in [1.29, 1.82) is 0 Å². The van der Waals surface area contributed by atoms with Gasteiger partial charge in [0.25, 0.3) is 5.91 Å². The molecule has 2 aromatic rings. The molecule has 6 heteroatoms. The smallest absolute Gasteiger partial charge is 0.251 e. The van der Waals surface area contributed by atoms with Crippen LogP contribution in [0.15, 0.2) is 36.4 Å². The van der Waals surface area contributed by atoms with Crippen molar-refractivity contribution in [3.05, 3.63) is 58.5 Å². The minimum Gasteiger partial charge on any atom is -0.373 e. The monoisotopic (exact) mass is 307 g/mol. The first-order valence-electron chi connectivity index (χ1n) is 6.41. The van der Waals surface area contributed by atoms with E-state index in [1.807, 2.05) is 0 Å². The Morgan fingerprint density at radius 2 is 2.10 bits per heavy atom. The first kappa shape index (κ1) is 15.3. The molecule has 0 saturated heterocycles. The zero-order valence-electron chi connectivity index (χ0n) is 11.7. The van der Waals surface area contributed by atoms with Crippen molar-refractivity contribution in [3.8, 4) is 0 Å². The summed E-state index contributed by atoms with van der Waals surface area (Å²) in [4.78, 5) is 16.2. The second-order valence-corrected chi connectivity index (χ2v) is 4.95. The van der Waals surface area contributed by atoms with E-state index < -0.39 is 0 Å². The van der Waals surface area contributed by atoms with E-state index in [0.717, 1.165) is 0 Å². The summed E-state index contributed by atoms with van der Waals surface area (Å²) in [5, 5.41) is 5.86. The van der Waals surface area contributed by atoms with Gasteiger partial charge in [-0.15, -0.1) is 0 Å². The third-order valence-corrected chi connectivity index (χ3v) is 3.20. The maximum Gasteiger partial charge on any atom is 0.251 e. The maximum absolute atomic E-state index is 13.2. The van der Waals surface area contributed by atoms with Crippen molar-refractivity contribution >= 4 is 23.3 Å². The summed E-state index contributed by atoms with van der Waals surface area (Å²) in [6.07, 6.45) is 0. The molecule has 0 aliphatic carbocycles. The van der Waals surface area contributed by atoms with Crippen LogP contribution in [0.25, 0.3) is 0 Å². The van der Waals surface area contributed by atoms with Crippen LogP contribution >= 0.6 is 11.6 Å². The zero-order valence-corrected chi connectivity index (χ0v) is 12.4. The van der Waals surface area contributed by atoms with Crippen molar-refractivity contribution in [3.63, 3.8) is 0 Å². The number of anilines is 1. The molecule has 1 aromatic heterocycles. The highest BCUT2D eigenvalue weighted by Gasteiger charge is 2.13. The van der Waals surface area contributed by atoms with E-state index in [4.69, 9.17) is 11.6 Å². The summed E-state index contributed by atoms with van der Waals surface area (Å²) in [6.45, 7) is 1.79. The third kappa shape index (κ3) is 3.92. The molecule has 0 aliphatic rings. The van der Waals surface area contributed by atoms with Gasteiger partial charge in [-0.2, -0.15) is 0 Å². The van der Waals surface area contributed by atoms with Crippen LogP contribution < -0.4 is 10.6 Å². The van der Waals surface area contributed by atoms with Gasteiger partial charge in [-0.1, -0.05) is 23.7 Å². The average Bonchev–Trinajstić information content (AvgIpc) is 2.46. The number of pyridine rings is 1. The predicted octanol–water partition coefficient (Wildman–Crippen LogP) is 3.41. The molecule has 0 saturated carbocycles. The lowest BCUT2D eigenvalue weighted by atomic mass is 10.1. The van der Waals surface area contributed by atoms with E-state index >= 15 is 0 Å². The van der Waals surface area contributed by atoms with Crippen molar-refractivity contribution in [2.75, 3.05) is 12.4 Å². The van der Waals surface area contributed by atoms with Crippen LogP contribution in [0, 0.1) is 5.82 Å². The number of aromatic nitrogens is 1. The lowest BCUT2D eigenvalue weighted by Crippen LogP contribution is -2.26. The van der Waals surface area contributed by atoms with Crippen LogP contribution in [0.5, 0.6) is 0 Å². The first-order chi connectivity index (χ1) is 9.99. The van der Waals surface area contributed by atoms with E-state index in [1.165, 1.54) is 18.2 Å². The second-order valence-electron chi connectivity index (χ2n) is 4.56. The van der Waals surface area contributed by atoms with Crippen LogP contribution in [-0.4, -0.2) is 17.9 Å². The Morgan fingerprint density at radius 3 is 2.76 bits per heavy atom. The summed E-state index contributed by atoms with van der Waals surface area (Å²) in [5.41, 5.74) is 1.08. The van der Waals surface area contributed by atoms with Gasteiger partial charge in [0.2, 0.25) is 0 Å². The molecule has 1 heterocycles. The van der Waals surface area contributed by atoms with E-state index in [1.54, 1.807) is 32.2 Å². The lowest BCUT2D eigenvalue weighted by molar-refractivity contribution is 0.0939. The van der Waals surface area contributed by atoms with E-state index in [2.05, 4.69) is 15.6 Å². The van der Waals surface area contributed by atoms with Crippen molar-refractivity contribution < 1.29 is 9.18 Å². The highest BCUT2D eigenvalue weighted by atomic mass is 35.5. The van der Waals surface area contributed by atoms with Crippen LogP contribution in [-0.2, 0) is 0 Å². The fraction of sp³-hybridized carbons (Fsp3) is 0.200. The number of hydrogen-bond donors (Lipinski definition) is 2. The number of rotatable bonds is 4. The molecule has 1 unspecified atom stereocenters. The quantitative estimate of drug-likeness (QED) is 0.851. The predicted molar refractivity (Wildman–Crippen MR) is 81.1 cm³/mol. The highest BCUT2D eigenvalue weighted by Crippen LogP contribution is 2.17. The topological polar surface area (TPSA) is 54.0 Å². The Kier molecular flexibility index (Phi) is 4.75. The molecule has 0 fully saturated rings. The Morgan fingerprint density at radius 1 is 1.33 bits per heavy atom. The molecule has 110 valence electrons. The average molecular weight is 308 g/mol. The number of hydrogen-bond acceptors (Lipinski definition) is 3. The Labute approximate surface area is 127 Å². The number of benzene rings is 1. The molecular weight excluding hydrogens is 293 g/mol. The van der Waals surface area contributed by atoms with E-state index in [9.17, 15) is 9.18 Å². The maximum atomic E-state index is 13.2. The molecule has 0 spiro atoms. The van der Waals surface area contributed by atoms with Gasteiger partial charge in [0.05, 0.1) is 6.04 Å². The number of nitrogens with zero attached hydrogens (tertiary/aromatic N) is 1. The summed E-state index contributed by atoms with van der Waals surface area (Å²) in [5.74, 6) is -0.128. The van der Waals surface area contributed by atoms with Gasteiger partial charge < -0.3 is 10.6 Å². The van der Waals surface area contributed by atoms with Gasteiger partial charge >= 0.3 is 0 Å². The second kappa shape index (κ2) is 6.54. The molecule has 2 N–H and O–H groups in total. The van der Waals surface area contributed by atoms with Gasteiger partial charge in [0, 0.05) is 12.6 Å². The summed E-state index contributed by atoms with van der Waals surface area (Å²) >= 11 is 5.87. The number of nitrogens with one attached hydrogen (secondary N) is 2. The molecular formula is C15H15ClFN3O. The molecule has 21 heavy (non-hydrogen) atoms. The SMILES string of the molecule is CNc1cc(C(=O)NC(C)c2cccc(F)c2)cc(Cl)n1. The molecule has 1 aromatic carbocycles. The number of carbonyl (C=O) groups is 1. The van der Waals surface area contributed by atoms with Gasteiger partial charge in [-0.3, -0.25) is 4.79 Å². The van der Waals surface area contributed by atoms with Crippen LogP contribution in [0.4, 0.5) is 10.2 Å². The highest BCUT2D eigenvalue weighted by molar-refractivity contribution is 6.29. The lowest BCUT2D eigenvalue weighted by Gasteiger charge is -2.15.